The molecule has 3 saturated carbocycles. The minimum Gasteiger partial charge on any atom is -0.494 e. The van der Waals surface area contributed by atoms with E-state index in [0.29, 0.717) is 36.5 Å². The Kier molecular flexibility index (Phi) is 16.7. The highest BCUT2D eigenvalue weighted by molar-refractivity contribution is 5.30. The largest absolute Gasteiger partial charge is 0.494 e. The van der Waals surface area contributed by atoms with E-state index in [-0.39, 0.29) is 29.5 Å². The first kappa shape index (κ1) is 55.2. The van der Waals surface area contributed by atoms with Gasteiger partial charge in [-0.25, -0.2) is 0 Å². The van der Waals surface area contributed by atoms with Gasteiger partial charge in [0.25, 0.3) is 0 Å². The third-order valence-corrected chi connectivity index (χ3v) is 18.8. The number of aliphatic hydroxyl groups is 12. The van der Waals surface area contributed by atoms with Gasteiger partial charge in [-0.15, -0.1) is 0 Å². The molecule has 0 spiro atoms. The van der Waals surface area contributed by atoms with E-state index < -0.39 is 142 Å². The van der Waals surface area contributed by atoms with E-state index in [1.54, 1.807) is 0 Å². The van der Waals surface area contributed by atoms with Crippen LogP contribution in [0, 0.1) is 40.4 Å². The molecule has 21 nitrogen and oxygen atoms in total. The van der Waals surface area contributed by atoms with Gasteiger partial charge in [0, 0.05) is 12.3 Å². The number of hydrogen-bond acceptors (Lipinski definition) is 21. The molecule has 0 aromatic carbocycles. The summed E-state index contributed by atoms with van der Waals surface area (Å²) < 4.78 is 54.8. The Labute approximate surface area is 420 Å². The van der Waals surface area contributed by atoms with Gasteiger partial charge in [0.15, 0.2) is 25.2 Å². The van der Waals surface area contributed by atoms with Crippen molar-refractivity contribution >= 4 is 0 Å². The Morgan fingerprint density at radius 2 is 1.25 bits per heavy atom. The SMILES string of the molecule is CC1=C(CC[C@H](C)CO[C@@H]2O[C@H](CO)[C@@H](O)[C@H](O)[C@H]2O)O[C@H]2C[C@H]3[C@@H]4CC=C5C[C@@H](O[C@@H]6O[C@H](CO)[C@@H](O[C@@H]7O[C@@H](C)[C@H](O)[C@@H](O)[C@H]7O)[C@H](O)[C@H]6OC6O[C@@H](C)[C@H](O)[C@@H](O)[C@H]6O)CC[C@]5(C)[C@H]4CC[C@]3(C)[C@@H]12. The lowest BCUT2D eigenvalue weighted by molar-refractivity contribution is -0.388. The van der Waals surface area contributed by atoms with E-state index >= 15 is 0 Å². The van der Waals surface area contributed by atoms with Gasteiger partial charge < -0.3 is 104 Å². The molecule has 5 heterocycles. The zero-order chi connectivity index (χ0) is 51.9. The number of fused-ring (bicyclic) bond motifs is 7. The molecule has 1 unspecified atom stereocenters. The highest BCUT2D eigenvalue weighted by atomic mass is 16.8. The number of rotatable bonds is 14. The molecule has 412 valence electrons. The molecule has 0 bridgehead atoms. The summed E-state index contributed by atoms with van der Waals surface area (Å²) in [5.41, 5.74) is 2.59. The van der Waals surface area contributed by atoms with Crippen LogP contribution < -0.4 is 0 Å². The van der Waals surface area contributed by atoms with Crippen LogP contribution in [0.15, 0.2) is 23.0 Å². The molecule has 12 N–H and O–H groups in total. The fourth-order valence-corrected chi connectivity index (χ4v) is 14.5. The van der Waals surface area contributed by atoms with Crippen molar-refractivity contribution in [1.82, 2.24) is 0 Å². The van der Waals surface area contributed by atoms with Gasteiger partial charge in [-0.3, -0.25) is 0 Å². The van der Waals surface area contributed by atoms with E-state index in [1.165, 1.54) is 25.0 Å². The maximum atomic E-state index is 12.0. The number of ether oxygens (including phenoxy) is 9. The molecule has 72 heavy (non-hydrogen) atoms. The highest BCUT2D eigenvalue weighted by Crippen LogP contribution is 2.69. The molecule has 9 rings (SSSR count). The van der Waals surface area contributed by atoms with Crippen LogP contribution in [0.25, 0.3) is 0 Å². The molecule has 21 heteroatoms. The molecule has 4 aliphatic carbocycles. The molecule has 0 aromatic heterocycles. The standard InChI is InChI=1S/C51H82O21/c1-20(19-64-46-40(60)39(59)36(56)31(17-52)69-46)7-10-29-21(2)33-30(68-29)16-28-26-9-8-24-15-25(11-13-50(24,5)27(26)12-14-51(28,33)6)67-49-45(72-48-42(62)38(58)35(55)23(4)66-48)43(63)44(32(18-53)70-49)71-47-41(61)37(57)34(54)22(3)65-47/h8,20,22-23,25-28,30-49,52-63H,7,9-19H2,1-6H3/t20-,22-,23-,25-,26+,27-,28-,30-,31+,32+,33-,34-,35-,36+,37+,38+,39-,40+,41+,42+,43-,44+,45+,46+,47-,48?,49+,50-,51-/m0/s1. The smallest absolute Gasteiger partial charge is 0.187 e. The van der Waals surface area contributed by atoms with Crippen molar-refractivity contribution in [3.8, 4) is 0 Å². The summed E-state index contributed by atoms with van der Waals surface area (Å²) in [6.07, 6.45) is -18.8. The van der Waals surface area contributed by atoms with E-state index in [1.807, 2.05) is 6.92 Å². The summed E-state index contributed by atoms with van der Waals surface area (Å²) >= 11 is 0. The maximum Gasteiger partial charge on any atom is 0.187 e. The lowest BCUT2D eigenvalue weighted by atomic mass is 9.47. The third kappa shape index (κ3) is 9.90. The quantitative estimate of drug-likeness (QED) is 0.0926. The third-order valence-electron chi connectivity index (χ3n) is 18.8. The van der Waals surface area contributed by atoms with Gasteiger partial charge in [0.05, 0.1) is 43.9 Å². The number of aliphatic hydroxyl groups excluding tert-OH is 12. The van der Waals surface area contributed by atoms with Gasteiger partial charge in [0.1, 0.15) is 91.6 Å². The number of allylic oxidation sites excluding steroid dienone is 2. The van der Waals surface area contributed by atoms with Crippen LogP contribution in [0.1, 0.15) is 99.3 Å². The molecule has 29 atom stereocenters. The number of hydrogen-bond donors (Lipinski definition) is 12. The van der Waals surface area contributed by atoms with Gasteiger partial charge in [-0.1, -0.05) is 32.4 Å². The van der Waals surface area contributed by atoms with Crippen LogP contribution in [0.5, 0.6) is 0 Å². The van der Waals surface area contributed by atoms with Crippen molar-refractivity contribution < 1.29 is 104 Å². The maximum absolute atomic E-state index is 12.0. The van der Waals surface area contributed by atoms with Crippen molar-refractivity contribution in [3.05, 3.63) is 23.0 Å². The zero-order valence-electron chi connectivity index (χ0n) is 42.2. The first-order chi connectivity index (χ1) is 34.1. The van der Waals surface area contributed by atoms with Crippen LogP contribution in [-0.4, -0.2) is 216 Å². The Morgan fingerprint density at radius 3 is 1.89 bits per heavy atom. The molecule has 0 aromatic rings. The summed E-state index contributed by atoms with van der Waals surface area (Å²) in [5, 5.41) is 126. The molecule has 7 fully saturated rings. The van der Waals surface area contributed by atoms with Crippen LogP contribution in [0.4, 0.5) is 0 Å². The van der Waals surface area contributed by atoms with E-state index in [9.17, 15) is 61.3 Å². The van der Waals surface area contributed by atoms with Crippen LogP contribution in [-0.2, 0) is 42.6 Å². The normalized spacial score (nSPS) is 52.9. The first-order valence-electron chi connectivity index (χ1n) is 26.4. The van der Waals surface area contributed by atoms with E-state index in [2.05, 4.69) is 26.8 Å². The first-order valence-corrected chi connectivity index (χ1v) is 26.4. The zero-order valence-corrected chi connectivity index (χ0v) is 42.2. The van der Waals surface area contributed by atoms with Gasteiger partial charge >= 0.3 is 0 Å². The predicted molar refractivity (Wildman–Crippen MR) is 247 cm³/mol. The lowest BCUT2D eigenvalue weighted by Crippen LogP contribution is -2.66. The fourth-order valence-electron chi connectivity index (χ4n) is 14.5. The van der Waals surface area contributed by atoms with E-state index in [0.717, 1.165) is 50.7 Å². The summed E-state index contributed by atoms with van der Waals surface area (Å²) in [4.78, 5) is 0. The minimum atomic E-state index is -1.74. The van der Waals surface area contributed by atoms with Crippen molar-refractivity contribution in [3.63, 3.8) is 0 Å². The Balaban J connectivity index is 0.849. The van der Waals surface area contributed by atoms with Crippen LogP contribution in [0.2, 0.25) is 0 Å². The Hall–Kier alpha value is -1.52. The predicted octanol–water partition coefficient (Wildman–Crippen LogP) is -1.03. The van der Waals surface area contributed by atoms with E-state index in [4.69, 9.17) is 42.6 Å². The highest BCUT2D eigenvalue weighted by Gasteiger charge is 2.64. The molecule has 4 saturated heterocycles. The summed E-state index contributed by atoms with van der Waals surface area (Å²) in [7, 11) is 0. The van der Waals surface area contributed by atoms with Crippen molar-refractivity contribution in [2.24, 2.45) is 40.4 Å². The molecule has 5 aliphatic heterocycles. The summed E-state index contributed by atoms with van der Waals surface area (Å²) in [5.74, 6) is 2.80. The van der Waals surface area contributed by atoms with Crippen molar-refractivity contribution in [1.29, 1.82) is 0 Å². The van der Waals surface area contributed by atoms with Crippen LogP contribution >= 0.6 is 0 Å². The van der Waals surface area contributed by atoms with Gasteiger partial charge in [-0.05, 0) is 112 Å². The average Bonchev–Trinajstić information content (AvgIpc) is 3.85. The van der Waals surface area contributed by atoms with Crippen molar-refractivity contribution in [2.45, 2.75) is 234 Å². The van der Waals surface area contributed by atoms with Gasteiger partial charge in [0.2, 0.25) is 0 Å². The summed E-state index contributed by atoms with van der Waals surface area (Å²) in [6, 6.07) is 0. The Bertz CT molecular complexity index is 1920. The second-order valence-corrected chi connectivity index (χ2v) is 23.2. The van der Waals surface area contributed by atoms with Crippen LogP contribution in [0.3, 0.4) is 0 Å². The summed E-state index contributed by atoms with van der Waals surface area (Å²) in [6.45, 7) is 11.1. The minimum absolute atomic E-state index is 0.0680. The molecule has 0 radical (unpaired) electrons. The van der Waals surface area contributed by atoms with Crippen molar-refractivity contribution in [2.75, 3.05) is 19.8 Å². The second kappa shape index (κ2) is 21.7. The molecular weight excluding hydrogens is 949 g/mol. The van der Waals surface area contributed by atoms with Gasteiger partial charge in [-0.2, -0.15) is 0 Å². The molecule has 9 aliphatic rings. The monoisotopic (exact) mass is 1030 g/mol. The lowest BCUT2D eigenvalue weighted by Gasteiger charge is -2.58. The fraction of sp³-hybridized carbons (Fsp3) is 0.922. The molecular formula is C51H82O21. The topological polar surface area (TPSA) is 326 Å². The second-order valence-electron chi connectivity index (χ2n) is 23.2. The average molecular weight is 1030 g/mol. The molecule has 0 amide bonds. The Morgan fingerprint density at radius 1 is 0.653 bits per heavy atom.